The van der Waals surface area contributed by atoms with Gasteiger partial charge in [-0.15, -0.1) is 0 Å². The van der Waals surface area contributed by atoms with Crippen molar-refractivity contribution < 1.29 is 28.7 Å². The second kappa shape index (κ2) is 10.0. The average Bonchev–Trinajstić information content (AvgIpc) is 2.84. The van der Waals surface area contributed by atoms with Gasteiger partial charge >= 0.3 is 11.9 Å². The molecule has 0 aliphatic heterocycles. The van der Waals surface area contributed by atoms with Gasteiger partial charge in [0.25, 0.3) is 0 Å². The molecule has 6 nitrogen and oxygen atoms in total. The number of hydrogen-bond acceptors (Lipinski definition) is 6. The smallest absolute Gasteiger partial charge is 0.305 e. The number of rotatable bonds is 6. The second-order valence-corrected chi connectivity index (χ2v) is 14.2. The quantitative estimate of drug-likeness (QED) is 0.295. The SMILES string of the molecule is CCC(=O)OC1CC2C3(C)CCC4C(C)(CC)CCCC4(C)C3CC(OC(C)=O)C2(C)C(C=O)C1C(C)=O. The summed E-state index contributed by atoms with van der Waals surface area (Å²) in [5.74, 6) is -1.37. The third-order valence-corrected chi connectivity index (χ3v) is 12.6. The van der Waals surface area contributed by atoms with Gasteiger partial charge in [0.1, 0.15) is 24.3 Å². The highest BCUT2D eigenvalue weighted by Crippen LogP contribution is 2.74. The van der Waals surface area contributed by atoms with E-state index in [2.05, 4.69) is 34.6 Å². The topological polar surface area (TPSA) is 86.7 Å². The van der Waals surface area contributed by atoms with E-state index in [1.165, 1.54) is 26.7 Å². The molecule has 4 saturated carbocycles. The maximum absolute atomic E-state index is 13.0. The van der Waals surface area contributed by atoms with E-state index in [0.717, 1.165) is 32.0 Å². The van der Waals surface area contributed by atoms with Crippen LogP contribution in [-0.4, -0.2) is 36.2 Å². The minimum absolute atomic E-state index is 0.0221. The molecule has 0 aromatic carbocycles. The van der Waals surface area contributed by atoms with Crippen LogP contribution in [0.3, 0.4) is 0 Å². The van der Waals surface area contributed by atoms with E-state index in [9.17, 15) is 19.2 Å². The van der Waals surface area contributed by atoms with Gasteiger partial charge in [-0.3, -0.25) is 14.4 Å². The number of carbonyl (C=O) groups is 4. The highest BCUT2D eigenvalue weighted by Gasteiger charge is 2.71. The lowest BCUT2D eigenvalue weighted by Crippen LogP contribution is -2.70. The molecule has 4 aliphatic carbocycles. The first-order valence-corrected chi connectivity index (χ1v) is 15.0. The van der Waals surface area contributed by atoms with Crippen molar-refractivity contribution in [2.75, 3.05) is 0 Å². The number of carbonyl (C=O) groups excluding carboxylic acids is 4. The predicted octanol–water partition coefficient (Wildman–Crippen LogP) is 6.33. The number of hydrogen-bond donors (Lipinski definition) is 0. The minimum atomic E-state index is -0.729. The highest BCUT2D eigenvalue weighted by molar-refractivity contribution is 5.83. The molecule has 6 heteroatoms. The summed E-state index contributed by atoms with van der Waals surface area (Å²) < 4.78 is 12.1. The summed E-state index contributed by atoms with van der Waals surface area (Å²) in [6.07, 6.45) is 8.19. The second-order valence-electron chi connectivity index (χ2n) is 14.2. The zero-order chi connectivity index (χ0) is 28.3. The summed E-state index contributed by atoms with van der Waals surface area (Å²) in [7, 11) is 0. The van der Waals surface area contributed by atoms with Crippen LogP contribution in [0.25, 0.3) is 0 Å². The van der Waals surface area contributed by atoms with E-state index in [1.807, 2.05) is 0 Å². The molecule has 0 amide bonds. The summed E-state index contributed by atoms with van der Waals surface area (Å²) in [6.45, 7) is 16.4. The van der Waals surface area contributed by atoms with Crippen molar-refractivity contribution in [3.05, 3.63) is 0 Å². The lowest BCUT2D eigenvalue weighted by molar-refractivity contribution is -0.263. The molecule has 4 fully saturated rings. The number of esters is 2. The molecule has 38 heavy (non-hydrogen) atoms. The number of Topliss-reactive ketones (excluding diaryl/α,β-unsaturated/α-hetero) is 1. The van der Waals surface area contributed by atoms with Crippen LogP contribution in [0, 0.1) is 51.2 Å². The summed E-state index contributed by atoms with van der Waals surface area (Å²) in [4.78, 5) is 51.0. The van der Waals surface area contributed by atoms with Crippen molar-refractivity contribution in [1.82, 2.24) is 0 Å². The molecule has 0 bridgehead atoms. The lowest BCUT2D eigenvalue weighted by Gasteiger charge is -2.71. The number of fused-ring (bicyclic) bond motifs is 5. The van der Waals surface area contributed by atoms with Gasteiger partial charge in [0.15, 0.2) is 0 Å². The molecule has 0 spiro atoms. The number of ketones is 1. The number of ether oxygens (including phenoxy) is 2. The third-order valence-electron chi connectivity index (χ3n) is 12.6. The van der Waals surface area contributed by atoms with E-state index < -0.39 is 29.5 Å². The molecule has 11 atom stereocenters. The van der Waals surface area contributed by atoms with Gasteiger partial charge in [-0.05, 0) is 79.4 Å². The van der Waals surface area contributed by atoms with Crippen LogP contribution < -0.4 is 0 Å². The normalized spacial score (nSPS) is 48.1. The van der Waals surface area contributed by atoms with Crippen LogP contribution in [0.5, 0.6) is 0 Å². The molecule has 0 heterocycles. The Morgan fingerprint density at radius 1 is 0.868 bits per heavy atom. The molecule has 0 aromatic rings. The van der Waals surface area contributed by atoms with Crippen LogP contribution in [0.15, 0.2) is 0 Å². The third kappa shape index (κ3) is 4.18. The molecule has 0 aromatic heterocycles. The first-order chi connectivity index (χ1) is 17.7. The van der Waals surface area contributed by atoms with Gasteiger partial charge in [-0.25, -0.2) is 0 Å². The summed E-state index contributed by atoms with van der Waals surface area (Å²) >= 11 is 0. The highest BCUT2D eigenvalue weighted by atomic mass is 16.5. The van der Waals surface area contributed by atoms with Crippen molar-refractivity contribution in [2.45, 2.75) is 125 Å². The van der Waals surface area contributed by atoms with Gasteiger partial charge in [0.2, 0.25) is 0 Å². The Balaban J connectivity index is 1.87. The lowest BCUT2D eigenvalue weighted by atomic mass is 9.33. The Labute approximate surface area is 229 Å². The summed E-state index contributed by atoms with van der Waals surface area (Å²) in [5, 5.41) is 0. The molecule has 0 radical (unpaired) electrons. The van der Waals surface area contributed by atoms with E-state index in [4.69, 9.17) is 9.47 Å². The fraction of sp³-hybridized carbons (Fsp3) is 0.875. The predicted molar refractivity (Wildman–Crippen MR) is 145 cm³/mol. The maximum Gasteiger partial charge on any atom is 0.305 e. The fourth-order valence-electron chi connectivity index (χ4n) is 10.7. The van der Waals surface area contributed by atoms with Crippen molar-refractivity contribution in [3.63, 3.8) is 0 Å². The van der Waals surface area contributed by atoms with Crippen LogP contribution >= 0.6 is 0 Å². The first-order valence-electron chi connectivity index (χ1n) is 15.0. The molecular weight excluding hydrogens is 480 g/mol. The van der Waals surface area contributed by atoms with Gasteiger partial charge < -0.3 is 14.3 Å². The summed E-state index contributed by atoms with van der Waals surface area (Å²) in [6, 6.07) is 0. The minimum Gasteiger partial charge on any atom is -0.462 e. The number of aldehydes is 1. The molecule has 11 unspecified atom stereocenters. The van der Waals surface area contributed by atoms with Crippen LogP contribution in [0.2, 0.25) is 0 Å². The molecule has 0 saturated heterocycles. The summed E-state index contributed by atoms with van der Waals surface area (Å²) in [5.41, 5.74) is -0.444. The van der Waals surface area contributed by atoms with Gasteiger partial charge in [-0.1, -0.05) is 54.4 Å². The Kier molecular flexibility index (Phi) is 7.73. The van der Waals surface area contributed by atoms with Crippen molar-refractivity contribution in [3.8, 4) is 0 Å². The van der Waals surface area contributed by atoms with Crippen molar-refractivity contribution in [2.24, 2.45) is 51.2 Å². The van der Waals surface area contributed by atoms with Crippen LogP contribution in [-0.2, 0) is 28.7 Å². The monoisotopic (exact) mass is 530 g/mol. The molecule has 4 rings (SSSR count). The van der Waals surface area contributed by atoms with E-state index >= 15 is 0 Å². The fourth-order valence-corrected chi connectivity index (χ4v) is 10.7. The Hall–Kier alpha value is -1.72. The largest absolute Gasteiger partial charge is 0.462 e. The first kappa shape index (κ1) is 29.3. The van der Waals surface area contributed by atoms with Crippen LogP contribution in [0.4, 0.5) is 0 Å². The van der Waals surface area contributed by atoms with E-state index in [0.29, 0.717) is 30.1 Å². The zero-order valence-electron chi connectivity index (χ0n) is 24.9. The molecular formula is C32H50O6. The van der Waals surface area contributed by atoms with Gasteiger partial charge in [0.05, 0.1) is 5.92 Å². The van der Waals surface area contributed by atoms with E-state index in [-0.39, 0.29) is 40.9 Å². The Bertz CT molecular complexity index is 975. The molecule has 0 N–H and O–H groups in total. The van der Waals surface area contributed by atoms with Gasteiger partial charge in [0, 0.05) is 24.7 Å². The van der Waals surface area contributed by atoms with Crippen LogP contribution in [0.1, 0.15) is 113 Å². The maximum atomic E-state index is 13.0. The Morgan fingerprint density at radius 2 is 1.53 bits per heavy atom. The standard InChI is InChI=1S/C32H50O6/c1-9-27(36)38-22-16-25-31(7)15-12-23-29(5,10-2)13-11-14-30(23,6)24(31)17-26(37-20(4)35)32(25,8)21(18-33)28(22)19(3)34/h18,21-26,28H,9-17H2,1-8H3. The molecule has 214 valence electrons. The average molecular weight is 531 g/mol. The molecule has 4 aliphatic rings. The van der Waals surface area contributed by atoms with Gasteiger partial charge in [-0.2, -0.15) is 0 Å². The zero-order valence-corrected chi connectivity index (χ0v) is 24.9. The van der Waals surface area contributed by atoms with E-state index in [1.54, 1.807) is 6.92 Å². The van der Waals surface area contributed by atoms with Crippen molar-refractivity contribution in [1.29, 1.82) is 0 Å². The Morgan fingerprint density at radius 3 is 2.08 bits per heavy atom. The van der Waals surface area contributed by atoms with Crippen molar-refractivity contribution >= 4 is 24.0 Å².